The Balaban J connectivity index is 1.81. The van der Waals surface area contributed by atoms with Gasteiger partial charge in [-0.2, -0.15) is 0 Å². The number of hydrogen-bond donors (Lipinski definition) is 1. The van der Waals surface area contributed by atoms with Gasteiger partial charge in [0, 0.05) is 24.5 Å². The Morgan fingerprint density at radius 2 is 1.51 bits per heavy atom. The van der Waals surface area contributed by atoms with Crippen molar-refractivity contribution < 1.29 is 18.0 Å². The summed E-state index contributed by atoms with van der Waals surface area (Å²) < 4.78 is 29.3. The molecule has 0 unspecified atom stereocenters. The van der Waals surface area contributed by atoms with Crippen LogP contribution < -0.4 is 9.62 Å². The van der Waals surface area contributed by atoms with Crippen LogP contribution in [-0.4, -0.2) is 44.3 Å². The first-order chi connectivity index (χ1) is 21.5. The summed E-state index contributed by atoms with van der Waals surface area (Å²) in [6, 6.07) is 29.1. The lowest BCUT2D eigenvalue weighted by Gasteiger charge is -2.34. The van der Waals surface area contributed by atoms with Crippen molar-refractivity contribution in [2.24, 2.45) is 5.92 Å². The molecule has 0 aliphatic heterocycles. The lowest BCUT2D eigenvalue weighted by atomic mass is 10.0. The lowest BCUT2D eigenvalue weighted by molar-refractivity contribution is -0.140. The Kier molecular flexibility index (Phi) is 11.4. The number of carbonyl (C=O) groups excluding carboxylic acids is 2. The first kappa shape index (κ1) is 33.7. The van der Waals surface area contributed by atoms with E-state index in [0.717, 1.165) is 26.6 Å². The maximum absolute atomic E-state index is 14.5. The molecule has 236 valence electrons. The van der Waals surface area contributed by atoms with E-state index in [1.165, 1.54) is 23.1 Å². The summed E-state index contributed by atoms with van der Waals surface area (Å²) in [5.41, 5.74) is 3.84. The van der Waals surface area contributed by atoms with Crippen LogP contribution in [0.25, 0.3) is 0 Å². The van der Waals surface area contributed by atoms with Crippen molar-refractivity contribution >= 4 is 39.1 Å². The minimum atomic E-state index is -4.20. The van der Waals surface area contributed by atoms with Gasteiger partial charge in [-0.05, 0) is 66.8 Å². The largest absolute Gasteiger partial charge is 0.354 e. The molecule has 1 N–H and O–H groups in total. The number of nitrogens with zero attached hydrogens (tertiary/aromatic N) is 2. The summed E-state index contributed by atoms with van der Waals surface area (Å²) >= 11 is 6.30. The highest BCUT2D eigenvalue weighted by molar-refractivity contribution is 7.92. The standard InChI is InChI=1S/C36H40ClN3O4S/c1-26(2)23-38-36(42)34(21-29-12-6-5-7-13-29)39(24-30-14-9-8-11-28(30)4)35(41)25-40(32-16-10-15-31(37)22-32)45(43,44)33-19-17-27(3)18-20-33/h5-20,22,26,34H,21,23-25H2,1-4H3,(H,38,42)/t34-/m0/s1. The fourth-order valence-corrected chi connectivity index (χ4v) is 6.54. The SMILES string of the molecule is Cc1ccc(S(=O)(=O)N(CC(=O)N(Cc2ccccc2C)[C@@H](Cc2ccccc2)C(=O)NCC(C)C)c2cccc(Cl)c2)cc1. The number of halogens is 1. The van der Waals surface area contributed by atoms with Crippen molar-refractivity contribution in [3.8, 4) is 0 Å². The number of benzene rings is 4. The first-order valence-electron chi connectivity index (χ1n) is 15.0. The number of amides is 2. The Labute approximate surface area is 271 Å². The maximum atomic E-state index is 14.5. The van der Waals surface area contributed by atoms with Gasteiger partial charge in [0.25, 0.3) is 10.0 Å². The number of rotatable bonds is 13. The van der Waals surface area contributed by atoms with Crippen LogP contribution in [0, 0.1) is 19.8 Å². The van der Waals surface area contributed by atoms with Gasteiger partial charge in [-0.15, -0.1) is 0 Å². The van der Waals surface area contributed by atoms with E-state index in [1.807, 2.05) is 82.3 Å². The second kappa shape index (κ2) is 15.2. The summed E-state index contributed by atoms with van der Waals surface area (Å²) in [6.45, 7) is 7.84. The molecule has 0 aliphatic rings. The predicted octanol–water partition coefficient (Wildman–Crippen LogP) is 6.56. The third kappa shape index (κ3) is 8.96. The Bertz CT molecular complexity index is 1710. The van der Waals surface area contributed by atoms with E-state index in [1.54, 1.807) is 30.3 Å². The molecule has 0 spiro atoms. The molecule has 0 radical (unpaired) electrons. The van der Waals surface area contributed by atoms with Crippen molar-refractivity contribution in [3.63, 3.8) is 0 Å². The number of nitrogens with one attached hydrogen (secondary N) is 1. The quantitative estimate of drug-likeness (QED) is 0.178. The van der Waals surface area contributed by atoms with Crippen LogP contribution in [0.3, 0.4) is 0 Å². The van der Waals surface area contributed by atoms with Gasteiger partial charge in [-0.1, -0.05) is 104 Å². The van der Waals surface area contributed by atoms with Crippen molar-refractivity contribution in [3.05, 3.63) is 130 Å². The van der Waals surface area contributed by atoms with Gasteiger partial charge in [0.1, 0.15) is 12.6 Å². The van der Waals surface area contributed by atoms with Crippen molar-refractivity contribution in [2.75, 3.05) is 17.4 Å². The number of anilines is 1. The third-order valence-electron chi connectivity index (χ3n) is 7.54. The predicted molar refractivity (Wildman–Crippen MR) is 181 cm³/mol. The molecule has 9 heteroatoms. The summed E-state index contributed by atoms with van der Waals surface area (Å²) in [6.07, 6.45) is 0.254. The average molecular weight is 646 g/mol. The molecule has 0 aromatic heterocycles. The molecular weight excluding hydrogens is 606 g/mol. The number of hydrogen-bond acceptors (Lipinski definition) is 4. The minimum Gasteiger partial charge on any atom is -0.354 e. The Morgan fingerprint density at radius 3 is 2.16 bits per heavy atom. The minimum absolute atomic E-state index is 0.0434. The van der Waals surface area contributed by atoms with Crippen LogP contribution in [0.2, 0.25) is 5.02 Å². The zero-order chi connectivity index (χ0) is 32.6. The monoisotopic (exact) mass is 645 g/mol. The summed E-state index contributed by atoms with van der Waals surface area (Å²) in [4.78, 5) is 30.0. The fraction of sp³-hybridized carbons (Fsp3) is 0.278. The fourth-order valence-electron chi connectivity index (χ4n) is 4.94. The van der Waals surface area contributed by atoms with Crippen LogP contribution in [-0.2, 0) is 32.6 Å². The molecule has 4 rings (SSSR count). The zero-order valence-corrected chi connectivity index (χ0v) is 27.7. The first-order valence-corrected chi connectivity index (χ1v) is 16.8. The van der Waals surface area contributed by atoms with Crippen LogP contribution in [0.15, 0.2) is 108 Å². The number of carbonyl (C=O) groups is 2. The molecule has 2 amide bonds. The molecule has 45 heavy (non-hydrogen) atoms. The van der Waals surface area contributed by atoms with Gasteiger partial charge in [0.05, 0.1) is 10.6 Å². The second-order valence-corrected chi connectivity index (χ2v) is 13.9. The molecule has 7 nitrogen and oxygen atoms in total. The van der Waals surface area contributed by atoms with Gasteiger partial charge in [0.2, 0.25) is 11.8 Å². The molecule has 0 fully saturated rings. The van der Waals surface area contributed by atoms with Crippen LogP contribution >= 0.6 is 11.6 Å². The number of sulfonamides is 1. The molecule has 1 atom stereocenters. The van der Waals surface area contributed by atoms with Gasteiger partial charge in [0.15, 0.2) is 0 Å². The van der Waals surface area contributed by atoms with E-state index in [4.69, 9.17) is 11.6 Å². The van der Waals surface area contributed by atoms with Gasteiger partial charge < -0.3 is 10.2 Å². The molecule has 0 bridgehead atoms. The topological polar surface area (TPSA) is 86.8 Å². The summed E-state index contributed by atoms with van der Waals surface area (Å²) in [7, 11) is -4.20. The Morgan fingerprint density at radius 1 is 0.844 bits per heavy atom. The van der Waals surface area contributed by atoms with Crippen LogP contribution in [0.4, 0.5) is 5.69 Å². The highest BCUT2D eigenvalue weighted by Gasteiger charge is 2.35. The Hall–Kier alpha value is -4.14. The maximum Gasteiger partial charge on any atom is 0.264 e. The number of aryl methyl sites for hydroxylation is 2. The molecule has 0 heterocycles. The summed E-state index contributed by atoms with van der Waals surface area (Å²) in [5.74, 6) is -0.621. The third-order valence-corrected chi connectivity index (χ3v) is 9.56. The van der Waals surface area contributed by atoms with E-state index in [0.29, 0.717) is 11.6 Å². The average Bonchev–Trinajstić information content (AvgIpc) is 3.01. The normalized spacial score (nSPS) is 12.0. The highest BCUT2D eigenvalue weighted by atomic mass is 35.5. The molecule has 0 aliphatic carbocycles. The zero-order valence-electron chi connectivity index (χ0n) is 26.1. The van der Waals surface area contributed by atoms with Crippen molar-refractivity contribution in [1.82, 2.24) is 10.2 Å². The smallest absolute Gasteiger partial charge is 0.264 e. The molecule has 4 aromatic carbocycles. The highest BCUT2D eigenvalue weighted by Crippen LogP contribution is 2.27. The molecule has 4 aromatic rings. The molecule has 0 saturated heterocycles. The van der Waals surface area contributed by atoms with E-state index in [9.17, 15) is 18.0 Å². The lowest BCUT2D eigenvalue weighted by Crippen LogP contribution is -2.53. The van der Waals surface area contributed by atoms with E-state index in [-0.39, 0.29) is 35.4 Å². The molecular formula is C36H40ClN3O4S. The van der Waals surface area contributed by atoms with Crippen LogP contribution in [0.5, 0.6) is 0 Å². The van der Waals surface area contributed by atoms with E-state index in [2.05, 4.69) is 5.32 Å². The van der Waals surface area contributed by atoms with Crippen molar-refractivity contribution in [1.29, 1.82) is 0 Å². The van der Waals surface area contributed by atoms with E-state index >= 15 is 0 Å². The van der Waals surface area contributed by atoms with Crippen molar-refractivity contribution in [2.45, 2.75) is 51.6 Å². The van der Waals surface area contributed by atoms with E-state index < -0.39 is 28.5 Å². The van der Waals surface area contributed by atoms with Crippen LogP contribution in [0.1, 0.15) is 36.1 Å². The summed E-state index contributed by atoms with van der Waals surface area (Å²) in [5, 5.41) is 3.34. The van der Waals surface area contributed by atoms with Gasteiger partial charge >= 0.3 is 0 Å². The second-order valence-electron chi connectivity index (χ2n) is 11.6. The van der Waals surface area contributed by atoms with Gasteiger partial charge in [-0.25, -0.2) is 8.42 Å². The van der Waals surface area contributed by atoms with Gasteiger partial charge in [-0.3, -0.25) is 13.9 Å². The molecule has 0 saturated carbocycles.